The zero-order valence-corrected chi connectivity index (χ0v) is 15.7. The van der Waals surface area contributed by atoms with Crippen molar-refractivity contribution in [2.45, 2.75) is 24.6 Å². The van der Waals surface area contributed by atoms with Gasteiger partial charge in [0, 0.05) is 17.7 Å². The molecular weight excluding hydrogens is 416 g/mol. The van der Waals surface area contributed by atoms with Crippen molar-refractivity contribution in [1.29, 1.82) is 0 Å². The molecule has 2 heterocycles. The van der Waals surface area contributed by atoms with Gasteiger partial charge in [-0.05, 0) is 18.2 Å². The molecule has 0 saturated carbocycles. The molecule has 0 aliphatic carbocycles. The van der Waals surface area contributed by atoms with E-state index in [0.717, 1.165) is 18.2 Å². The zero-order valence-electron chi connectivity index (χ0n) is 15.7. The SMILES string of the molecule is O=c1c(O)c(-c2ccc(OC3O[C@H](CO)[C@@H](O)[C@H]3O)c(O)c2)oc2cc(O)cc(O)c12. The van der Waals surface area contributed by atoms with Crippen LogP contribution in [0, 0.1) is 0 Å². The number of rotatable bonds is 4. The highest BCUT2D eigenvalue weighted by molar-refractivity contribution is 5.88. The molecule has 3 aromatic rings. The van der Waals surface area contributed by atoms with Gasteiger partial charge in [0.25, 0.3) is 0 Å². The zero-order chi connectivity index (χ0) is 22.4. The summed E-state index contributed by atoms with van der Waals surface area (Å²) >= 11 is 0. The molecule has 31 heavy (non-hydrogen) atoms. The van der Waals surface area contributed by atoms with Gasteiger partial charge in [-0.2, -0.15) is 0 Å². The van der Waals surface area contributed by atoms with Gasteiger partial charge in [0.1, 0.15) is 40.8 Å². The maximum atomic E-state index is 12.4. The Bertz CT molecular complexity index is 1200. The van der Waals surface area contributed by atoms with Gasteiger partial charge in [-0.25, -0.2) is 0 Å². The first-order valence-corrected chi connectivity index (χ1v) is 9.05. The van der Waals surface area contributed by atoms with Gasteiger partial charge in [0.05, 0.1) is 6.61 Å². The third kappa shape index (κ3) is 3.49. The summed E-state index contributed by atoms with van der Waals surface area (Å²) in [5.74, 6) is -2.74. The number of ether oxygens (including phenoxy) is 2. The second kappa shape index (κ2) is 7.63. The molecule has 0 amide bonds. The highest BCUT2D eigenvalue weighted by Crippen LogP contribution is 2.39. The maximum absolute atomic E-state index is 12.4. The average molecular weight is 434 g/mol. The van der Waals surface area contributed by atoms with E-state index in [9.17, 15) is 35.4 Å². The van der Waals surface area contributed by atoms with Crippen LogP contribution >= 0.6 is 0 Å². The molecule has 7 N–H and O–H groups in total. The molecule has 1 aromatic heterocycles. The number of aliphatic hydroxyl groups is 3. The van der Waals surface area contributed by atoms with E-state index in [1.807, 2.05) is 0 Å². The van der Waals surface area contributed by atoms with Crippen LogP contribution in [0.5, 0.6) is 28.7 Å². The van der Waals surface area contributed by atoms with Crippen molar-refractivity contribution in [3.05, 3.63) is 40.6 Å². The van der Waals surface area contributed by atoms with Crippen molar-refractivity contribution in [2.75, 3.05) is 6.61 Å². The van der Waals surface area contributed by atoms with Crippen LogP contribution in [0.25, 0.3) is 22.3 Å². The quantitative estimate of drug-likeness (QED) is 0.295. The highest BCUT2D eigenvalue weighted by Gasteiger charge is 2.44. The molecular formula is C20H18O11. The summed E-state index contributed by atoms with van der Waals surface area (Å²) in [4.78, 5) is 12.4. The van der Waals surface area contributed by atoms with Crippen molar-refractivity contribution < 1.29 is 49.6 Å². The summed E-state index contributed by atoms with van der Waals surface area (Å²) in [6, 6.07) is 5.67. The Morgan fingerprint density at radius 2 is 1.71 bits per heavy atom. The van der Waals surface area contributed by atoms with Crippen molar-refractivity contribution in [3.8, 4) is 40.1 Å². The Morgan fingerprint density at radius 1 is 0.968 bits per heavy atom. The van der Waals surface area contributed by atoms with E-state index in [1.54, 1.807) is 0 Å². The number of benzene rings is 2. The minimum absolute atomic E-state index is 0.0605. The van der Waals surface area contributed by atoms with Gasteiger partial charge in [-0.1, -0.05) is 0 Å². The maximum Gasteiger partial charge on any atom is 0.238 e. The molecule has 164 valence electrons. The van der Waals surface area contributed by atoms with E-state index in [1.165, 1.54) is 12.1 Å². The summed E-state index contributed by atoms with van der Waals surface area (Å²) < 4.78 is 16.0. The lowest BCUT2D eigenvalue weighted by atomic mass is 10.1. The molecule has 1 saturated heterocycles. The first-order valence-electron chi connectivity index (χ1n) is 9.05. The van der Waals surface area contributed by atoms with Gasteiger partial charge in [0.15, 0.2) is 17.3 Å². The van der Waals surface area contributed by atoms with Crippen LogP contribution in [0.1, 0.15) is 0 Å². The summed E-state index contributed by atoms with van der Waals surface area (Å²) in [6.45, 7) is -0.547. The monoisotopic (exact) mass is 434 g/mol. The fourth-order valence-electron chi connectivity index (χ4n) is 3.32. The minimum Gasteiger partial charge on any atom is -0.508 e. The normalized spacial score (nSPS) is 23.3. The molecule has 2 aromatic carbocycles. The van der Waals surface area contributed by atoms with Crippen molar-refractivity contribution >= 4 is 11.0 Å². The summed E-state index contributed by atoms with van der Waals surface area (Å²) in [7, 11) is 0. The highest BCUT2D eigenvalue weighted by atomic mass is 16.7. The van der Waals surface area contributed by atoms with E-state index >= 15 is 0 Å². The molecule has 11 heteroatoms. The number of phenolic OH excluding ortho intramolecular Hbond substituents is 3. The van der Waals surface area contributed by atoms with E-state index < -0.39 is 53.9 Å². The van der Waals surface area contributed by atoms with Crippen LogP contribution in [-0.2, 0) is 4.74 Å². The second-order valence-corrected chi connectivity index (χ2v) is 6.95. The first kappa shape index (κ1) is 20.8. The standard InChI is InChI=1S/C20H18O11/c21-6-13-15(25)18(28)20(31-13)30-11-2-1-7(3-9(11)23)19-17(27)16(26)14-10(24)4-8(22)5-12(14)29-19/h1-5,13,15,18,20-25,27-28H,6H2/t13-,15-,18-,20?/m1/s1. The van der Waals surface area contributed by atoms with Gasteiger partial charge < -0.3 is 49.6 Å². The molecule has 4 atom stereocenters. The van der Waals surface area contributed by atoms with Crippen molar-refractivity contribution in [2.24, 2.45) is 0 Å². The van der Waals surface area contributed by atoms with Crippen LogP contribution in [0.3, 0.4) is 0 Å². The van der Waals surface area contributed by atoms with Gasteiger partial charge >= 0.3 is 0 Å². The van der Waals surface area contributed by atoms with E-state index in [4.69, 9.17) is 19.0 Å². The van der Waals surface area contributed by atoms with Crippen LogP contribution < -0.4 is 10.2 Å². The number of phenols is 3. The Kier molecular flexibility index (Phi) is 5.11. The number of hydrogen-bond acceptors (Lipinski definition) is 11. The van der Waals surface area contributed by atoms with Crippen LogP contribution in [0.2, 0.25) is 0 Å². The molecule has 4 rings (SSSR count). The van der Waals surface area contributed by atoms with Crippen molar-refractivity contribution in [1.82, 2.24) is 0 Å². The Balaban J connectivity index is 1.69. The third-order valence-electron chi connectivity index (χ3n) is 4.90. The fraction of sp³-hybridized carbons (Fsp3) is 0.250. The van der Waals surface area contributed by atoms with Crippen LogP contribution in [-0.4, -0.2) is 67.0 Å². The van der Waals surface area contributed by atoms with Crippen LogP contribution in [0.15, 0.2) is 39.5 Å². The Morgan fingerprint density at radius 3 is 2.35 bits per heavy atom. The summed E-state index contributed by atoms with van der Waals surface area (Å²) in [5.41, 5.74) is -1.08. The fourth-order valence-corrected chi connectivity index (χ4v) is 3.32. The molecule has 11 nitrogen and oxygen atoms in total. The van der Waals surface area contributed by atoms with Crippen molar-refractivity contribution in [3.63, 3.8) is 0 Å². The van der Waals surface area contributed by atoms with Gasteiger partial charge in [-0.15, -0.1) is 0 Å². The summed E-state index contributed by atoms with van der Waals surface area (Å²) in [5, 5.41) is 68.5. The largest absolute Gasteiger partial charge is 0.508 e. The molecule has 0 bridgehead atoms. The number of aromatic hydroxyl groups is 4. The molecule has 1 fully saturated rings. The molecule has 1 aliphatic heterocycles. The number of fused-ring (bicyclic) bond motifs is 1. The number of hydrogen-bond donors (Lipinski definition) is 7. The van der Waals surface area contributed by atoms with Crippen LogP contribution in [0.4, 0.5) is 0 Å². The predicted molar refractivity (Wildman–Crippen MR) is 103 cm³/mol. The second-order valence-electron chi connectivity index (χ2n) is 6.95. The first-order chi connectivity index (χ1) is 14.7. The lowest BCUT2D eigenvalue weighted by molar-refractivity contribution is -0.117. The molecule has 1 unspecified atom stereocenters. The lowest BCUT2D eigenvalue weighted by Crippen LogP contribution is -2.35. The Labute approximate surface area is 173 Å². The lowest BCUT2D eigenvalue weighted by Gasteiger charge is -2.18. The topological polar surface area (TPSA) is 190 Å². The molecule has 1 aliphatic rings. The third-order valence-corrected chi connectivity index (χ3v) is 4.90. The summed E-state index contributed by atoms with van der Waals surface area (Å²) in [6.07, 6.45) is -5.27. The Hall–Kier alpha value is -3.51. The smallest absolute Gasteiger partial charge is 0.238 e. The van der Waals surface area contributed by atoms with Gasteiger partial charge in [0.2, 0.25) is 17.5 Å². The number of aliphatic hydroxyl groups excluding tert-OH is 3. The average Bonchev–Trinajstić information content (AvgIpc) is 2.99. The van der Waals surface area contributed by atoms with Gasteiger partial charge in [-0.3, -0.25) is 4.79 Å². The predicted octanol–water partition coefficient (Wildman–Crippen LogP) is 0.100. The van der Waals surface area contributed by atoms with E-state index in [-0.39, 0.29) is 33.8 Å². The molecule has 0 spiro atoms. The minimum atomic E-state index is -1.47. The van der Waals surface area contributed by atoms with E-state index in [2.05, 4.69) is 0 Å². The van der Waals surface area contributed by atoms with E-state index in [0.29, 0.717) is 0 Å². The molecule has 0 radical (unpaired) electrons.